The van der Waals surface area contributed by atoms with Gasteiger partial charge in [0, 0.05) is 24.5 Å². The molecule has 2 aliphatic carbocycles. The Balaban J connectivity index is 1.82. The lowest BCUT2D eigenvalue weighted by atomic mass is 9.60. The second-order valence-electron chi connectivity index (χ2n) is 9.45. The second-order valence-corrected chi connectivity index (χ2v) is 11.3. The van der Waals surface area contributed by atoms with Gasteiger partial charge >= 0.3 is 0 Å². The Bertz CT molecular complexity index is 1290. The average Bonchev–Trinajstić information content (AvgIpc) is 3.24. The van der Waals surface area contributed by atoms with E-state index in [9.17, 15) is 13.2 Å². The molecule has 2 aliphatic rings. The number of hydrogen-bond acceptors (Lipinski definition) is 6. The number of carbonyl (C=O) groups excluding carboxylic acids is 1. The van der Waals surface area contributed by atoms with E-state index in [0.29, 0.717) is 31.4 Å². The van der Waals surface area contributed by atoms with Gasteiger partial charge in [0.1, 0.15) is 5.69 Å². The van der Waals surface area contributed by atoms with Crippen LogP contribution < -0.4 is 0 Å². The number of nitrogens with zero attached hydrogens (tertiary/aromatic N) is 3. The third kappa shape index (κ3) is 3.96. The predicted molar refractivity (Wildman–Crippen MR) is 132 cm³/mol. The van der Waals surface area contributed by atoms with E-state index in [-0.39, 0.29) is 22.8 Å². The Morgan fingerprint density at radius 3 is 2.79 bits per heavy atom. The summed E-state index contributed by atoms with van der Waals surface area (Å²) >= 11 is 0. The quantitative estimate of drug-likeness (QED) is 0.456. The van der Waals surface area contributed by atoms with E-state index in [0.717, 1.165) is 28.6 Å². The molecule has 2 aromatic rings. The fourth-order valence-corrected chi connectivity index (χ4v) is 7.26. The summed E-state index contributed by atoms with van der Waals surface area (Å²) < 4.78 is 28.5. The van der Waals surface area contributed by atoms with Crippen molar-refractivity contribution >= 4 is 28.1 Å². The Labute approximate surface area is 200 Å². The molecule has 2 N–H and O–H groups in total. The van der Waals surface area contributed by atoms with E-state index in [1.165, 1.54) is 10.4 Å². The van der Waals surface area contributed by atoms with Crippen LogP contribution >= 0.6 is 0 Å². The summed E-state index contributed by atoms with van der Waals surface area (Å²) in [6, 6.07) is 2.94. The summed E-state index contributed by atoms with van der Waals surface area (Å²) in [6.07, 6.45) is 9.72. The number of fused-ring (bicyclic) bond motifs is 2. The number of carbonyl (C=O) groups is 1. The van der Waals surface area contributed by atoms with E-state index in [1.54, 1.807) is 25.4 Å². The molecule has 8 nitrogen and oxygen atoms in total. The van der Waals surface area contributed by atoms with Crippen molar-refractivity contribution in [2.24, 2.45) is 5.41 Å². The van der Waals surface area contributed by atoms with Crippen LogP contribution in [0.2, 0.25) is 0 Å². The van der Waals surface area contributed by atoms with Gasteiger partial charge in [-0.15, -0.1) is 0 Å². The number of aromatic nitrogens is 3. The number of aromatic amines is 1. The highest BCUT2D eigenvalue weighted by Crippen LogP contribution is 2.51. The molecule has 9 heteroatoms. The summed E-state index contributed by atoms with van der Waals surface area (Å²) in [5.74, 6) is -0.0848. The van der Waals surface area contributed by atoms with Crippen LogP contribution in [-0.2, 0) is 16.4 Å². The first-order valence-electron chi connectivity index (χ1n) is 11.5. The summed E-state index contributed by atoms with van der Waals surface area (Å²) in [4.78, 5) is 18.5. The molecular formula is C25H31N5O3S. The lowest BCUT2D eigenvalue weighted by molar-refractivity contribution is 0.0723. The summed E-state index contributed by atoms with van der Waals surface area (Å²) in [6.45, 7) is 7.22. The van der Waals surface area contributed by atoms with E-state index >= 15 is 0 Å². The number of H-pyrrole nitrogens is 1. The van der Waals surface area contributed by atoms with Gasteiger partial charge in [-0.05, 0) is 82.7 Å². The zero-order valence-electron chi connectivity index (χ0n) is 20.0. The standard InChI is InChI=1S/C25H31N5O3S/c1-5-21(14-26)34(32,33)30(16(2)3)20-7-6-19-11-22-18(15-28-29-22)12-25(19,13-20)24(31)23-10-17(4)8-9-27-23/h5,8-11,14-16,20,26H,6-7,12-13H2,1-4H3,(H,28,29)/b21-5+,26-14?/t20-,25-/m0/s1. The molecule has 0 radical (unpaired) electrons. The van der Waals surface area contributed by atoms with Gasteiger partial charge in [-0.1, -0.05) is 11.6 Å². The monoisotopic (exact) mass is 481 g/mol. The lowest BCUT2D eigenvalue weighted by Gasteiger charge is -2.47. The van der Waals surface area contributed by atoms with Crippen molar-refractivity contribution in [3.05, 3.63) is 63.6 Å². The Hall–Kier alpha value is -2.91. The summed E-state index contributed by atoms with van der Waals surface area (Å²) in [5, 5.41) is 14.8. The number of pyridine rings is 1. The SMILES string of the molecule is C/C=C(\C=N)S(=O)(=O)N(C(C)C)[C@H]1CCC2=Cc3[nH]ncc3C[C@]2(C(=O)c2cc(C)ccn2)C1. The lowest BCUT2D eigenvalue weighted by Crippen LogP contribution is -2.52. The maximum absolute atomic E-state index is 14.1. The van der Waals surface area contributed by atoms with Crippen LogP contribution in [0.4, 0.5) is 0 Å². The number of Topliss-reactive ketones (excluding diaryl/α,β-unsaturated/α-hetero) is 1. The molecule has 4 rings (SSSR count). The van der Waals surface area contributed by atoms with Gasteiger partial charge in [0.2, 0.25) is 10.0 Å². The summed E-state index contributed by atoms with van der Waals surface area (Å²) in [7, 11) is -3.89. The first-order chi connectivity index (χ1) is 16.1. The molecule has 0 spiro atoms. The minimum Gasteiger partial charge on any atom is -0.307 e. The van der Waals surface area contributed by atoms with Crippen molar-refractivity contribution in [2.45, 2.75) is 65.5 Å². The van der Waals surface area contributed by atoms with Gasteiger partial charge in [-0.3, -0.25) is 14.9 Å². The fourth-order valence-electron chi connectivity index (χ4n) is 5.44. The Kier molecular flexibility index (Phi) is 6.44. The van der Waals surface area contributed by atoms with Crippen LogP contribution in [0.25, 0.3) is 6.08 Å². The largest absolute Gasteiger partial charge is 0.307 e. The number of hydrogen-bond donors (Lipinski definition) is 2. The van der Waals surface area contributed by atoms with Crippen molar-refractivity contribution in [3.63, 3.8) is 0 Å². The highest BCUT2D eigenvalue weighted by atomic mass is 32.2. The normalized spacial score (nSPS) is 22.8. The Morgan fingerprint density at radius 2 is 2.15 bits per heavy atom. The van der Waals surface area contributed by atoms with Crippen LogP contribution in [0.15, 0.2) is 41.1 Å². The molecule has 1 fully saturated rings. The second kappa shape index (κ2) is 9.03. The third-order valence-electron chi connectivity index (χ3n) is 6.96. The van der Waals surface area contributed by atoms with Crippen molar-refractivity contribution in [1.29, 1.82) is 5.41 Å². The van der Waals surface area contributed by atoms with E-state index < -0.39 is 15.4 Å². The third-order valence-corrected chi connectivity index (χ3v) is 9.19. The first-order valence-corrected chi connectivity index (χ1v) is 13.0. The molecule has 0 amide bonds. The van der Waals surface area contributed by atoms with Crippen molar-refractivity contribution < 1.29 is 13.2 Å². The highest BCUT2D eigenvalue weighted by Gasteiger charge is 2.51. The van der Waals surface area contributed by atoms with E-state index in [4.69, 9.17) is 5.41 Å². The van der Waals surface area contributed by atoms with Gasteiger partial charge in [-0.2, -0.15) is 9.40 Å². The molecule has 0 unspecified atom stereocenters. The predicted octanol–water partition coefficient (Wildman–Crippen LogP) is 4.07. The number of ketones is 1. The molecular weight excluding hydrogens is 450 g/mol. The van der Waals surface area contributed by atoms with Crippen LogP contribution in [0.3, 0.4) is 0 Å². The molecule has 0 aromatic carbocycles. The molecule has 2 atom stereocenters. The zero-order valence-corrected chi connectivity index (χ0v) is 20.8. The average molecular weight is 482 g/mol. The molecule has 2 aromatic heterocycles. The number of nitrogens with one attached hydrogen (secondary N) is 2. The van der Waals surface area contributed by atoms with Crippen LogP contribution in [0.1, 0.15) is 67.3 Å². The van der Waals surface area contributed by atoms with Gasteiger partial charge in [0.15, 0.2) is 5.78 Å². The van der Waals surface area contributed by atoms with Gasteiger partial charge in [0.25, 0.3) is 0 Å². The van der Waals surface area contributed by atoms with Crippen molar-refractivity contribution in [2.75, 3.05) is 0 Å². The molecule has 180 valence electrons. The topological polar surface area (TPSA) is 120 Å². The first kappa shape index (κ1) is 24.2. The van der Waals surface area contributed by atoms with Gasteiger partial charge in [-0.25, -0.2) is 8.42 Å². The van der Waals surface area contributed by atoms with Crippen molar-refractivity contribution in [3.8, 4) is 0 Å². The van der Waals surface area contributed by atoms with E-state index in [2.05, 4.69) is 15.2 Å². The number of rotatable bonds is 7. The zero-order chi connectivity index (χ0) is 24.7. The minimum atomic E-state index is -3.89. The maximum atomic E-state index is 14.1. The molecule has 0 bridgehead atoms. The smallest absolute Gasteiger partial charge is 0.244 e. The van der Waals surface area contributed by atoms with Gasteiger partial charge in [0.05, 0.1) is 22.2 Å². The molecule has 0 aliphatic heterocycles. The van der Waals surface area contributed by atoms with Crippen molar-refractivity contribution in [1.82, 2.24) is 19.5 Å². The number of aryl methyl sites for hydroxylation is 1. The van der Waals surface area contributed by atoms with Crippen LogP contribution in [-0.4, -0.2) is 52.0 Å². The minimum absolute atomic E-state index is 0.0379. The van der Waals surface area contributed by atoms with Crippen LogP contribution in [0.5, 0.6) is 0 Å². The maximum Gasteiger partial charge on any atom is 0.244 e. The molecule has 2 heterocycles. The Morgan fingerprint density at radius 1 is 1.38 bits per heavy atom. The highest BCUT2D eigenvalue weighted by molar-refractivity contribution is 7.93. The number of sulfonamides is 1. The van der Waals surface area contributed by atoms with E-state index in [1.807, 2.05) is 32.9 Å². The fraction of sp³-hybridized carbons (Fsp3) is 0.440. The summed E-state index contributed by atoms with van der Waals surface area (Å²) in [5.41, 5.74) is 3.28. The number of allylic oxidation sites excluding steroid dienone is 3. The molecule has 1 saturated carbocycles. The van der Waals surface area contributed by atoms with Crippen LogP contribution in [0, 0.1) is 17.7 Å². The van der Waals surface area contributed by atoms with Gasteiger partial charge < -0.3 is 5.41 Å². The molecule has 34 heavy (non-hydrogen) atoms. The molecule has 0 saturated heterocycles.